The number of likely N-dealkylation sites (tertiary alicyclic amines) is 1. The first-order chi connectivity index (χ1) is 8.79. The molecule has 1 aliphatic heterocycles. The highest BCUT2D eigenvalue weighted by molar-refractivity contribution is 7.99. The molecule has 2 rings (SSSR count). The van der Waals surface area contributed by atoms with Crippen LogP contribution in [0.25, 0.3) is 0 Å². The van der Waals surface area contributed by atoms with Crippen LogP contribution >= 0.6 is 11.8 Å². The van der Waals surface area contributed by atoms with Crippen LogP contribution in [0.2, 0.25) is 0 Å². The van der Waals surface area contributed by atoms with Gasteiger partial charge in [-0.25, -0.2) is 0 Å². The van der Waals surface area contributed by atoms with Crippen LogP contribution in [0.3, 0.4) is 0 Å². The van der Waals surface area contributed by atoms with Crippen LogP contribution in [0.1, 0.15) is 51.4 Å². The SMILES string of the molecule is CSC1CCC(NCCC2CCCCN2C)CC1. The Bertz CT molecular complexity index is 227. The van der Waals surface area contributed by atoms with Gasteiger partial charge in [-0.1, -0.05) is 6.42 Å². The van der Waals surface area contributed by atoms with Crippen LogP contribution in [-0.4, -0.2) is 48.6 Å². The highest BCUT2D eigenvalue weighted by Gasteiger charge is 2.21. The Kier molecular flexibility index (Phi) is 6.33. The Labute approximate surface area is 117 Å². The van der Waals surface area contributed by atoms with E-state index >= 15 is 0 Å². The van der Waals surface area contributed by atoms with Gasteiger partial charge in [0, 0.05) is 17.3 Å². The lowest BCUT2D eigenvalue weighted by atomic mass is 9.94. The van der Waals surface area contributed by atoms with E-state index in [0.29, 0.717) is 0 Å². The average Bonchev–Trinajstić information content (AvgIpc) is 2.42. The molecule has 3 heteroatoms. The highest BCUT2D eigenvalue weighted by Crippen LogP contribution is 2.27. The first kappa shape index (κ1) is 14.7. The molecular weight excluding hydrogens is 240 g/mol. The molecule has 2 fully saturated rings. The molecule has 18 heavy (non-hydrogen) atoms. The first-order valence-corrected chi connectivity index (χ1v) is 9.05. The maximum Gasteiger partial charge on any atom is 0.0104 e. The molecule has 1 atom stereocenters. The Morgan fingerprint density at radius 3 is 2.56 bits per heavy atom. The molecule has 106 valence electrons. The van der Waals surface area contributed by atoms with E-state index in [0.717, 1.165) is 17.3 Å². The van der Waals surface area contributed by atoms with Crippen molar-refractivity contribution in [3.05, 3.63) is 0 Å². The molecule has 0 aromatic rings. The van der Waals surface area contributed by atoms with E-state index in [-0.39, 0.29) is 0 Å². The fourth-order valence-corrected chi connectivity index (χ4v) is 4.21. The van der Waals surface area contributed by atoms with Crippen LogP contribution < -0.4 is 5.32 Å². The van der Waals surface area contributed by atoms with Crippen molar-refractivity contribution >= 4 is 11.8 Å². The first-order valence-electron chi connectivity index (χ1n) is 7.76. The van der Waals surface area contributed by atoms with Crippen molar-refractivity contribution in [3.63, 3.8) is 0 Å². The Hall–Kier alpha value is 0.270. The Balaban J connectivity index is 1.58. The number of hydrogen-bond donors (Lipinski definition) is 1. The van der Waals surface area contributed by atoms with E-state index in [2.05, 4.69) is 35.3 Å². The third-order valence-corrected chi connectivity index (χ3v) is 5.98. The van der Waals surface area contributed by atoms with E-state index in [9.17, 15) is 0 Å². The van der Waals surface area contributed by atoms with Crippen molar-refractivity contribution in [1.29, 1.82) is 0 Å². The van der Waals surface area contributed by atoms with Gasteiger partial charge in [0.15, 0.2) is 0 Å². The lowest BCUT2D eigenvalue weighted by Crippen LogP contribution is -2.40. The third-order valence-electron chi connectivity index (χ3n) is 4.84. The van der Waals surface area contributed by atoms with Crippen LogP contribution in [0.15, 0.2) is 0 Å². The van der Waals surface area contributed by atoms with Gasteiger partial charge in [0.05, 0.1) is 0 Å². The summed E-state index contributed by atoms with van der Waals surface area (Å²) in [6, 6.07) is 1.65. The van der Waals surface area contributed by atoms with E-state index < -0.39 is 0 Å². The molecule has 1 saturated carbocycles. The second-order valence-corrected chi connectivity index (χ2v) is 7.22. The predicted molar refractivity (Wildman–Crippen MR) is 82.4 cm³/mol. The van der Waals surface area contributed by atoms with Crippen LogP contribution in [-0.2, 0) is 0 Å². The van der Waals surface area contributed by atoms with Crippen LogP contribution in [0.4, 0.5) is 0 Å². The highest BCUT2D eigenvalue weighted by atomic mass is 32.2. The fraction of sp³-hybridized carbons (Fsp3) is 1.00. The summed E-state index contributed by atoms with van der Waals surface area (Å²) in [5, 5.41) is 4.74. The van der Waals surface area contributed by atoms with Crippen LogP contribution in [0, 0.1) is 0 Å². The molecule has 0 radical (unpaired) electrons. The summed E-state index contributed by atoms with van der Waals surface area (Å²) < 4.78 is 0. The largest absolute Gasteiger partial charge is 0.314 e. The van der Waals surface area contributed by atoms with Crippen molar-refractivity contribution < 1.29 is 0 Å². The zero-order chi connectivity index (χ0) is 12.8. The lowest BCUT2D eigenvalue weighted by Gasteiger charge is -2.33. The molecule has 0 bridgehead atoms. The monoisotopic (exact) mass is 270 g/mol. The molecular formula is C15H30N2S. The summed E-state index contributed by atoms with van der Waals surface area (Å²) in [4.78, 5) is 2.57. The Morgan fingerprint density at radius 2 is 1.89 bits per heavy atom. The Morgan fingerprint density at radius 1 is 1.11 bits per heavy atom. The molecule has 0 aromatic carbocycles. The van der Waals surface area contributed by atoms with Gasteiger partial charge < -0.3 is 10.2 Å². The van der Waals surface area contributed by atoms with Gasteiger partial charge in [0.1, 0.15) is 0 Å². The molecule has 1 heterocycles. The van der Waals surface area contributed by atoms with E-state index in [1.807, 2.05) is 0 Å². The van der Waals surface area contributed by atoms with Gasteiger partial charge in [0.2, 0.25) is 0 Å². The zero-order valence-electron chi connectivity index (χ0n) is 12.2. The van der Waals surface area contributed by atoms with Crippen molar-refractivity contribution in [3.8, 4) is 0 Å². The van der Waals surface area contributed by atoms with Gasteiger partial charge in [-0.05, 0) is 71.3 Å². The molecule has 0 spiro atoms. The molecule has 1 N–H and O–H groups in total. The van der Waals surface area contributed by atoms with Gasteiger partial charge in [0.25, 0.3) is 0 Å². The second kappa shape index (κ2) is 7.76. The molecule has 1 unspecified atom stereocenters. The summed E-state index contributed by atoms with van der Waals surface area (Å²) >= 11 is 2.06. The third kappa shape index (κ3) is 4.43. The lowest BCUT2D eigenvalue weighted by molar-refractivity contribution is 0.173. The van der Waals surface area contributed by atoms with Gasteiger partial charge in [-0.2, -0.15) is 11.8 Å². The molecule has 2 nitrogen and oxygen atoms in total. The van der Waals surface area contributed by atoms with Crippen molar-refractivity contribution in [1.82, 2.24) is 10.2 Å². The van der Waals surface area contributed by atoms with Crippen molar-refractivity contribution in [2.45, 2.75) is 68.7 Å². The minimum atomic E-state index is 0.808. The molecule has 0 aromatic heterocycles. The number of nitrogens with zero attached hydrogens (tertiary/aromatic N) is 1. The number of nitrogens with one attached hydrogen (secondary N) is 1. The van der Waals surface area contributed by atoms with E-state index in [1.54, 1.807) is 0 Å². The number of thioether (sulfide) groups is 1. The molecule has 1 aliphatic carbocycles. The summed E-state index contributed by atoms with van der Waals surface area (Å²) in [5.41, 5.74) is 0. The number of rotatable bonds is 5. The molecule has 0 amide bonds. The fourth-order valence-electron chi connectivity index (χ4n) is 3.47. The standard InChI is InChI=1S/C15H30N2S/c1-17-12-4-3-5-14(17)10-11-16-13-6-8-15(18-2)9-7-13/h13-16H,3-12H2,1-2H3. The number of hydrogen-bond acceptors (Lipinski definition) is 3. The maximum absolute atomic E-state index is 3.80. The molecule has 1 saturated heterocycles. The summed E-state index contributed by atoms with van der Waals surface area (Å²) in [7, 11) is 2.30. The second-order valence-electron chi connectivity index (χ2n) is 6.08. The van der Waals surface area contributed by atoms with Crippen molar-refractivity contribution in [2.24, 2.45) is 0 Å². The summed E-state index contributed by atoms with van der Waals surface area (Å²) in [6.45, 7) is 2.53. The molecule has 2 aliphatic rings. The predicted octanol–water partition coefficient (Wildman–Crippen LogP) is 3.12. The van der Waals surface area contributed by atoms with E-state index in [1.165, 1.54) is 64.5 Å². The smallest absolute Gasteiger partial charge is 0.0104 e. The van der Waals surface area contributed by atoms with E-state index in [4.69, 9.17) is 0 Å². The van der Waals surface area contributed by atoms with Crippen LogP contribution in [0.5, 0.6) is 0 Å². The van der Waals surface area contributed by atoms with Crippen molar-refractivity contribution in [2.75, 3.05) is 26.4 Å². The maximum atomic E-state index is 3.80. The number of piperidine rings is 1. The summed E-state index contributed by atoms with van der Waals surface area (Å²) in [5.74, 6) is 0. The van der Waals surface area contributed by atoms with Gasteiger partial charge >= 0.3 is 0 Å². The summed E-state index contributed by atoms with van der Waals surface area (Å²) in [6.07, 6.45) is 13.5. The van der Waals surface area contributed by atoms with Gasteiger partial charge in [-0.3, -0.25) is 0 Å². The zero-order valence-corrected chi connectivity index (χ0v) is 13.0. The normalized spacial score (nSPS) is 34.7. The van der Waals surface area contributed by atoms with Gasteiger partial charge in [-0.15, -0.1) is 0 Å². The minimum Gasteiger partial charge on any atom is -0.314 e. The minimum absolute atomic E-state index is 0.808. The quantitative estimate of drug-likeness (QED) is 0.826. The average molecular weight is 270 g/mol. The topological polar surface area (TPSA) is 15.3 Å².